The summed E-state index contributed by atoms with van der Waals surface area (Å²) in [6, 6.07) is 28.1. The summed E-state index contributed by atoms with van der Waals surface area (Å²) < 4.78 is 0. The highest BCUT2D eigenvalue weighted by molar-refractivity contribution is 5.92. The first-order valence-electron chi connectivity index (χ1n) is 9.01. The fourth-order valence-electron chi connectivity index (χ4n) is 2.83. The minimum absolute atomic E-state index is 0.000213. The Morgan fingerprint density at radius 2 is 1.27 bits per heavy atom. The highest BCUT2D eigenvalue weighted by Gasteiger charge is 2.03. The molecule has 26 heavy (non-hydrogen) atoms. The number of nitrogens with one attached hydrogen (secondary N) is 2. The number of hydrogen-bond acceptors (Lipinski definition) is 2. The third-order valence-corrected chi connectivity index (χ3v) is 4.19. The first-order chi connectivity index (χ1) is 12.8. The lowest BCUT2D eigenvalue weighted by atomic mass is 10.1. The van der Waals surface area contributed by atoms with Crippen LogP contribution in [0, 0.1) is 0 Å². The molecule has 0 spiro atoms. The van der Waals surface area contributed by atoms with Crippen LogP contribution < -0.4 is 10.6 Å². The van der Waals surface area contributed by atoms with E-state index in [-0.39, 0.29) is 5.91 Å². The van der Waals surface area contributed by atoms with Crippen molar-refractivity contribution >= 4 is 17.3 Å². The van der Waals surface area contributed by atoms with E-state index in [1.807, 2.05) is 60.7 Å². The summed E-state index contributed by atoms with van der Waals surface area (Å²) in [5.74, 6) is -0.000213. The van der Waals surface area contributed by atoms with E-state index in [2.05, 4.69) is 34.9 Å². The largest absolute Gasteiger partial charge is 0.385 e. The lowest BCUT2D eigenvalue weighted by molar-refractivity contribution is -0.115. The number of carbonyl (C=O) groups excluding carboxylic acids is 1. The van der Waals surface area contributed by atoms with Crippen molar-refractivity contribution in [1.82, 2.24) is 0 Å². The van der Waals surface area contributed by atoms with E-state index in [0.29, 0.717) is 6.42 Å². The molecule has 3 nitrogen and oxygen atoms in total. The van der Waals surface area contributed by atoms with Crippen molar-refractivity contribution in [1.29, 1.82) is 0 Å². The van der Waals surface area contributed by atoms with Gasteiger partial charge in [0, 0.05) is 17.9 Å². The number of rotatable bonds is 8. The molecule has 3 rings (SSSR count). The van der Waals surface area contributed by atoms with E-state index in [9.17, 15) is 4.79 Å². The Kier molecular flexibility index (Phi) is 6.43. The summed E-state index contributed by atoms with van der Waals surface area (Å²) in [6.07, 6.45) is 2.54. The normalized spacial score (nSPS) is 10.3. The molecule has 0 fully saturated rings. The van der Waals surface area contributed by atoms with Crippen LogP contribution in [0.25, 0.3) is 0 Å². The standard InChI is InChI=1S/C23H24N2O/c26-23(18-20-10-5-2-6-11-20)25-22-15-13-21(14-16-22)24-17-7-12-19-8-3-1-4-9-19/h1-6,8-11,13-16,24H,7,12,17-18H2,(H,25,26). The summed E-state index contributed by atoms with van der Waals surface area (Å²) in [7, 11) is 0. The summed E-state index contributed by atoms with van der Waals surface area (Å²) in [5.41, 5.74) is 4.27. The van der Waals surface area contributed by atoms with Crippen molar-refractivity contribution in [3.05, 3.63) is 96.1 Å². The van der Waals surface area contributed by atoms with E-state index >= 15 is 0 Å². The second-order valence-electron chi connectivity index (χ2n) is 6.30. The zero-order valence-electron chi connectivity index (χ0n) is 14.8. The molecule has 0 radical (unpaired) electrons. The molecule has 1 amide bonds. The Morgan fingerprint density at radius 3 is 1.92 bits per heavy atom. The van der Waals surface area contributed by atoms with Crippen molar-refractivity contribution in [2.24, 2.45) is 0 Å². The zero-order valence-corrected chi connectivity index (χ0v) is 14.8. The lowest BCUT2D eigenvalue weighted by Crippen LogP contribution is -2.14. The third kappa shape index (κ3) is 5.78. The van der Waals surface area contributed by atoms with Crippen LogP contribution >= 0.6 is 0 Å². The smallest absolute Gasteiger partial charge is 0.228 e. The van der Waals surface area contributed by atoms with Gasteiger partial charge in [0.15, 0.2) is 0 Å². The van der Waals surface area contributed by atoms with Gasteiger partial charge >= 0.3 is 0 Å². The maximum absolute atomic E-state index is 12.1. The van der Waals surface area contributed by atoms with Gasteiger partial charge in [0.2, 0.25) is 5.91 Å². The predicted molar refractivity (Wildman–Crippen MR) is 108 cm³/mol. The summed E-state index contributed by atoms with van der Waals surface area (Å²) >= 11 is 0. The van der Waals surface area contributed by atoms with Crippen molar-refractivity contribution in [3.63, 3.8) is 0 Å². The topological polar surface area (TPSA) is 41.1 Å². The van der Waals surface area contributed by atoms with Gasteiger partial charge in [-0.1, -0.05) is 60.7 Å². The SMILES string of the molecule is O=C(Cc1ccccc1)Nc1ccc(NCCCc2ccccc2)cc1. The molecular formula is C23H24N2O. The minimum atomic E-state index is -0.000213. The average Bonchev–Trinajstić information content (AvgIpc) is 2.68. The maximum Gasteiger partial charge on any atom is 0.228 e. The highest BCUT2D eigenvalue weighted by atomic mass is 16.1. The van der Waals surface area contributed by atoms with Crippen LogP contribution in [0.5, 0.6) is 0 Å². The molecule has 0 aliphatic heterocycles. The molecule has 132 valence electrons. The highest BCUT2D eigenvalue weighted by Crippen LogP contribution is 2.14. The van der Waals surface area contributed by atoms with E-state index in [1.165, 1.54) is 5.56 Å². The number of aryl methyl sites for hydroxylation is 1. The fraction of sp³-hybridized carbons (Fsp3) is 0.174. The van der Waals surface area contributed by atoms with Crippen LogP contribution in [-0.4, -0.2) is 12.5 Å². The molecule has 0 unspecified atom stereocenters. The van der Waals surface area contributed by atoms with Crippen LogP contribution in [0.2, 0.25) is 0 Å². The van der Waals surface area contributed by atoms with E-state index in [4.69, 9.17) is 0 Å². The van der Waals surface area contributed by atoms with Crippen LogP contribution in [0.1, 0.15) is 17.5 Å². The van der Waals surface area contributed by atoms with E-state index in [1.54, 1.807) is 0 Å². The third-order valence-electron chi connectivity index (χ3n) is 4.19. The molecule has 3 heteroatoms. The Hall–Kier alpha value is -3.07. The van der Waals surface area contributed by atoms with Gasteiger partial charge in [-0.3, -0.25) is 4.79 Å². The summed E-state index contributed by atoms with van der Waals surface area (Å²) in [6.45, 7) is 0.925. The summed E-state index contributed by atoms with van der Waals surface area (Å²) in [4.78, 5) is 12.1. The van der Waals surface area contributed by atoms with Gasteiger partial charge in [-0.15, -0.1) is 0 Å². The number of hydrogen-bond donors (Lipinski definition) is 2. The van der Waals surface area contributed by atoms with Gasteiger partial charge in [0.25, 0.3) is 0 Å². The van der Waals surface area contributed by atoms with Gasteiger partial charge < -0.3 is 10.6 Å². The zero-order chi connectivity index (χ0) is 18.0. The maximum atomic E-state index is 12.1. The van der Waals surface area contributed by atoms with Gasteiger partial charge in [0.1, 0.15) is 0 Å². The average molecular weight is 344 g/mol. The van der Waals surface area contributed by atoms with Crippen molar-refractivity contribution in [2.75, 3.05) is 17.2 Å². The van der Waals surface area contributed by atoms with Crippen molar-refractivity contribution in [3.8, 4) is 0 Å². The number of carbonyl (C=O) groups is 1. The molecule has 0 atom stereocenters. The number of benzene rings is 3. The molecule has 0 aliphatic carbocycles. The van der Waals surface area contributed by atoms with E-state index in [0.717, 1.165) is 36.3 Å². The Balaban J connectivity index is 1.41. The molecule has 3 aromatic carbocycles. The van der Waals surface area contributed by atoms with Crippen molar-refractivity contribution in [2.45, 2.75) is 19.3 Å². The molecule has 0 bridgehead atoms. The molecule has 0 saturated carbocycles. The van der Waals surface area contributed by atoms with Crippen LogP contribution in [0.15, 0.2) is 84.9 Å². The Labute approximate surface area is 155 Å². The van der Waals surface area contributed by atoms with E-state index < -0.39 is 0 Å². The number of anilines is 2. The molecule has 0 saturated heterocycles. The second-order valence-corrected chi connectivity index (χ2v) is 6.30. The lowest BCUT2D eigenvalue weighted by Gasteiger charge is -2.09. The quantitative estimate of drug-likeness (QED) is 0.570. The van der Waals surface area contributed by atoms with Gasteiger partial charge in [-0.25, -0.2) is 0 Å². The van der Waals surface area contributed by atoms with Gasteiger partial charge in [-0.2, -0.15) is 0 Å². The molecule has 2 N–H and O–H groups in total. The molecule has 0 heterocycles. The van der Waals surface area contributed by atoms with Gasteiger partial charge in [-0.05, 0) is 48.2 Å². The monoisotopic (exact) mass is 344 g/mol. The summed E-state index contributed by atoms with van der Waals surface area (Å²) in [5, 5.41) is 6.36. The molecule has 3 aromatic rings. The molecule has 0 aromatic heterocycles. The van der Waals surface area contributed by atoms with Crippen molar-refractivity contribution < 1.29 is 4.79 Å². The first kappa shape index (κ1) is 17.7. The Bertz CT molecular complexity index is 799. The van der Waals surface area contributed by atoms with Gasteiger partial charge in [0.05, 0.1) is 6.42 Å². The predicted octanol–water partition coefficient (Wildman–Crippen LogP) is 4.91. The Morgan fingerprint density at radius 1 is 0.692 bits per heavy atom. The second kappa shape index (κ2) is 9.42. The minimum Gasteiger partial charge on any atom is -0.385 e. The molecule has 0 aliphatic rings. The van der Waals surface area contributed by atoms with Crippen LogP contribution in [0.3, 0.4) is 0 Å². The first-order valence-corrected chi connectivity index (χ1v) is 9.01. The van der Waals surface area contributed by atoms with Crippen LogP contribution in [0.4, 0.5) is 11.4 Å². The molecular weight excluding hydrogens is 320 g/mol. The number of amides is 1. The fourth-order valence-corrected chi connectivity index (χ4v) is 2.83. The van der Waals surface area contributed by atoms with Crippen LogP contribution in [-0.2, 0) is 17.6 Å².